The molecule has 6 heteroatoms. The highest BCUT2D eigenvalue weighted by Gasteiger charge is 2.03. The Kier molecular flexibility index (Phi) is 2.85. The first kappa shape index (κ1) is 10.2. The molecule has 0 spiro atoms. The third kappa shape index (κ3) is 2.09. The van der Waals surface area contributed by atoms with Gasteiger partial charge in [0.05, 0.1) is 6.42 Å². The Morgan fingerprint density at radius 1 is 1.36 bits per heavy atom. The highest BCUT2D eigenvalue weighted by atomic mass is 16.4. The van der Waals surface area contributed by atoms with E-state index < -0.39 is 17.1 Å². The molecule has 0 bridgehead atoms. The number of carbonyl (C=O) groups is 1. The van der Waals surface area contributed by atoms with E-state index in [-0.39, 0.29) is 13.0 Å². The van der Waals surface area contributed by atoms with Crippen LogP contribution in [0.4, 0.5) is 0 Å². The van der Waals surface area contributed by atoms with Gasteiger partial charge in [0.1, 0.15) is 0 Å². The number of carboxylic acids is 1. The van der Waals surface area contributed by atoms with Crippen LogP contribution in [-0.2, 0) is 18.4 Å². The summed E-state index contributed by atoms with van der Waals surface area (Å²) in [4.78, 5) is 32.6. The second-order valence-electron chi connectivity index (χ2n) is 2.86. The zero-order valence-corrected chi connectivity index (χ0v) is 7.64. The molecule has 0 aliphatic heterocycles. The summed E-state index contributed by atoms with van der Waals surface area (Å²) in [5.74, 6) is -1.00. The molecule has 76 valence electrons. The molecule has 0 saturated heterocycles. The van der Waals surface area contributed by atoms with Crippen molar-refractivity contribution in [3.63, 3.8) is 0 Å². The summed E-state index contributed by atoms with van der Waals surface area (Å²) in [6.07, 6.45) is 2.64. The van der Waals surface area contributed by atoms with Gasteiger partial charge in [-0.25, -0.2) is 0 Å². The molecule has 1 aromatic rings. The van der Waals surface area contributed by atoms with Crippen LogP contribution in [0.3, 0.4) is 0 Å². The third-order valence-electron chi connectivity index (χ3n) is 1.80. The monoisotopic (exact) mass is 198 g/mol. The molecule has 0 radical (unpaired) electrons. The van der Waals surface area contributed by atoms with Crippen LogP contribution in [-0.4, -0.2) is 20.2 Å². The van der Waals surface area contributed by atoms with Crippen LogP contribution < -0.4 is 11.1 Å². The van der Waals surface area contributed by atoms with E-state index >= 15 is 0 Å². The molecule has 0 unspecified atom stereocenters. The van der Waals surface area contributed by atoms with Gasteiger partial charge in [0.25, 0.3) is 0 Å². The van der Waals surface area contributed by atoms with Crippen LogP contribution in [0.2, 0.25) is 0 Å². The van der Waals surface area contributed by atoms with Crippen LogP contribution >= 0.6 is 0 Å². The van der Waals surface area contributed by atoms with Gasteiger partial charge in [0.15, 0.2) is 0 Å². The zero-order valence-electron chi connectivity index (χ0n) is 7.64. The molecule has 0 saturated carbocycles. The topological polar surface area (TPSA) is 81.3 Å². The number of aromatic nitrogens is 2. The summed E-state index contributed by atoms with van der Waals surface area (Å²) < 4.78 is 2.25. The number of rotatable bonds is 3. The van der Waals surface area contributed by atoms with Crippen molar-refractivity contribution in [1.29, 1.82) is 0 Å². The average Bonchev–Trinajstić information content (AvgIpc) is 2.13. The molecule has 1 N–H and O–H groups in total. The van der Waals surface area contributed by atoms with Gasteiger partial charge in [0.2, 0.25) is 0 Å². The fourth-order valence-corrected chi connectivity index (χ4v) is 0.982. The molecule has 1 heterocycles. The fraction of sp³-hybridized carbons (Fsp3) is 0.375. The molecule has 1 aromatic heterocycles. The minimum atomic E-state index is -1.00. The summed E-state index contributed by atoms with van der Waals surface area (Å²) in [7, 11) is 1.46. The van der Waals surface area contributed by atoms with E-state index in [1.807, 2.05) is 0 Å². The van der Waals surface area contributed by atoms with Gasteiger partial charge in [-0.15, -0.1) is 0 Å². The highest BCUT2D eigenvalue weighted by Crippen LogP contribution is 1.84. The predicted molar refractivity (Wildman–Crippen MR) is 48.2 cm³/mol. The van der Waals surface area contributed by atoms with Crippen LogP contribution in [0, 0.1) is 0 Å². The Labute approximate surface area is 79.0 Å². The quantitative estimate of drug-likeness (QED) is 0.633. The summed E-state index contributed by atoms with van der Waals surface area (Å²) in [5.41, 5.74) is -1.35. The molecular weight excluding hydrogens is 188 g/mol. The lowest BCUT2D eigenvalue weighted by atomic mass is 10.4. The third-order valence-corrected chi connectivity index (χ3v) is 1.80. The number of hydrogen-bond donors (Lipinski definition) is 1. The Morgan fingerprint density at radius 3 is 2.57 bits per heavy atom. The minimum absolute atomic E-state index is 0.0181. The van der Waals surface area contributed by atoms with E-state index in [4.69, 9.17) is 5.11 Å². The van der Waals surface area contributed by atoms with Crippen molar-refractivity contribution in [3.05, 3.63) is 33.1 Å². The molecule has 0 fully saturated rings. The number of aryl methyl sites for hydroxylation is 2. The van der Waals surface area contributed by atoms with Crippen molar-refractivity contribution < 1.29 is 9.90 Å². The fourth-order valence-electron chi connectivity index (χ4n) is 0.982. The largest absolute Gasteiger partial charge is 0.481 e. The van der Waals surface area contributed by atoms with Crippen LogP contribution in [0.15, 0.2) is 22.0 Å². The average molecular weight is 198 g/mol. The van der Waals surface area contributed by atoms with Crippen molar-refractivity contribution in [2.75, 3.05) is 0 Å². The van der Waals surface area contributed by atoms with Gasteiger partial charge >= 0.3 is 17.1 Å². The Balaban J connectivity index is 3.01. The standard InChI is InChI=1S/C8H10N2O4/c1-9-4-5-10(3-2-6(11)12)8(14)7(9)13/h4-5H,2-3H2,1H3,(H,11,12). The lowest BCUT2D eigenvalue weighted by Gasteiger charge is -2.03. The van der Waals surface area contributed by atoms with Gasteiger partial charge in [-0.1, -0.05) is 0 Å². The molecule has 0 atom stereocenters. The van der Waals surface area contributed by atoms with Crippen molar-refractivity contribution in [2.24, 2.45) is 7.05 Å². The maximum Gasteiger partial charge on any atom is 0.316 e. The normalized spacial score (nSPS) is 10.1. The second-order valence-corrected chi connectivity index (χ2v) is 2.86. The first-order valence-corrected chi connectivity index (χ1v) is 4.00. The van der Waals surface area contributed by atoms with Crippen LogP contribution in [0.1, 0.15) is 6.42 Å². The Bertz CT molecular complexity index is 457. The molecule has 6 nitrogen and oxygen atoms in total. The van der Waals surface area contributed by atoms with Gasteiger partial charge in [0, 0.05) is 26.0 Å². The highest BCUT2D eigenvalue weighted by molar-refractivity contribution is 5.66. The number of nitrogens with zero attached hydrogens (tertiary/aromatic N) is 2. The number of aliphatic carboxylic acids is 1. The van der Waals surface area contributed by atoms with Crippen molar-refractivity contribution in [1.82, 2.24) is 9.13 Å². The first-order valence-electron chi connectivity index (χ1n) is 4.00. The first-order chi connectivity index (χ1) is 6.52. The SMILES string of the molecule is Cn1ccn(CCC(=O)O)c(=O)c1=O. The summed E-state index contributed by atoms with van der Waals surface area (Å²) in [6, 6.07) is 0. The van der Waals surface area contributed by atoms with E-state index in [1.165, 1.54) is 19.4 Å². The van der Waals surface area contributed by atoms with Gasteiger partial charge in [-0.3, -0.25) is 14.4 Å². The lowest BCUT2D eigenvalue weighted by molar-refractivity contribution is -0.137. The minimum Gasteiger partial charge on any atom is -0.481 e. The molecule has 14 heavy (non-hydrogen) atoms. The smallest absolute Gasteiger partial charge is 0.316 e. The van der Waals surface area contributed by atoms with Crippen molar-refractivity contribution in [3.8, 4) is 0 Å². The maximum atomic E-state index is 11.2. The molecule has 0 aliphatic rings. The Hall–Kier alpha value is -1.85. The van der Waals surface area contributed by atoms with E-state index in [0.717, 1.165) is 9.13 Å². The maximum absolute atomic E-state index is 11.2. The number of carboxylic acid groups (broad SMARTS) is 1. The van der Waals surface area contributed by atoms with Crippen LogP contribution in [0.5, 0.6) is 0 Å². The van der Waals surface area contributed by atoms with E-state index in [9.17, 15) is 14.4 Å². The van der Waals surface area contributed by atoms with Gasteiger partial charge < -0.3 is 14.2 Å². The molecule has 1 rings (SSSR count). The molecule has 0 aromatic carbocycles. The predicted octanol–water partition coefficient (Wildman–Crippen LogP) is -0.978. The Morgan fingerprint density at radius 2 is 2.00 bits per heavy atom. The lowest BCUT2D eigenvalue weighted by Crippen LogP contribution is -2.39. The molecule has 0 amide bonds. The summed E-state index contributed by atoms with van der Waals surface area (Å²) in [5, 5.41) is 8.39. The van der Waals surface area contributed by atoms with Crippen LogP contribution in [0.25, 0.3) is 0 Å². The second kappa shape index (κ2) is 3.91. The molecule has 0 aliphatic carbocycles. The molecular formula is C8H10N2O4. The van der Waals surface area contributed by atoms with Crippen molar-refractivity contribution >= 4 is 5.97 Å². The van der Waals surface area contributed by atoms with E-state index in [2.05, 4.69) is 0 Å². The summed E-state index contributed by atoms with van der Waals surface area (Å²) >= 11 is 0. The summed E-state index contributed by atoms with van der Waals surface area (Å²) in [6.45, 7) is 0.0181. The zero-order chi connectivity index (χ0) is 10.7. The van der Waals surface area contributed by atoms with E-state index in [1.54, 1.807) is 0 Å². The van der Waals surface area contributed by atoms with Gasteiger partial charge in [-0.05, 0) is 0 Å². The van der Waals surface area contributed by atoms with Gasteiger partial charge in [-0.2, -0.15) is 0 Å². The van der Waals surface area contributed by atoms with E-state index in [0.29, 0.717) is 0 Å². The number of hydrogen-bond acceptors (Lipinski definition) is 3. The van der Waals surface area contributed by atoms with Crippen molar-refractivity contribution in [2.45, 2.75) is 13.0 Å².